The summed E-state index contributed by atoms with van der Waals surface area (Å²) >= 11 is 0. The third-order valence-electron chi connectivity index (χ3n) is 6.14. The van der Waals surface area contributed by atoms with Gasteiger partial charge in [0.25, 0.3) is 11.7 Å². The molecule has 7 nitrogen and oxygen atoms in total. The predicted octanol–water partition coefficient (Wildman–Crippen LogP) is 4.20. The fraction of sp³-hybridized carbons (Fsp3) is 0.393. The summed E-state index contributed by atoms with van der Waals surface area (Å²) in [5, 5.41) is 11.5. The van der Waals surface area contributed by atoms with Crippen LogP contribution >= 0.6 is 0 Å². The number of ether oxygens (including phenoxy) is 1. The van der Waals surface area contributed by atoms with Crippen LogP contribution in [0.2, 0.25) is 0 Å². The van der Waals surface area contributed by atoms with E-state index in [0.29, 0.717) is 30.0 Å². The number of esters is 1. The van der Waals surface area contributed by atoms with Crippen molar-refractivity contribution in [2.45, 2.75) is 46.1 Å². The van der Waals surface area contributed by atoms with Gasteiger partial charge in [0, 0.05) is 25.6 Å². The number of aryl methyl sites for hydroxylation is 1. The molecule has 1 saturated heterocycles. The molecule has 1 fully saturated rings. The van der Waals surface area contributed by atoms with Crippen molar-refractivity contribution in [2.24, 2.45) is 0 Å². The number of carbonyl (C=O) groups is 3. The summed E-state index contributed by atoms with van der Waals surface area (Å²) in [7, 11) is 3.78. The number of likely N-dealkylation sites (N-methyl/N-ethyl adjacent to an activating group) is 1. The Labute approximate surface area is 207 Å². The van der Waals surface area contributed by atoms with Crippen molar-refractivity contribution in [1.29, 1.82) is 0 Å². The quantitative estimate of drug-likeness (QED) is 0.220. The smallest absolute Gasteiger partial charge is 0.308 e. The van der Waals surface area contributed by atoms with Gasteiger partial charge in [-0.1, -0.05) is 45.0 Å². The molecule has 35 heavy (non-hydrogen) atoms. The van der Waals surface area contributed by atoms with Gasteiger partial charge >= 0.3 is 5.97 Å². The first-order valence-corrected chi connectivity index (χ1v) is 11.6. The number of Topliss-reactive ketones (excluding diaryl/α,β-unsaturated/α-hetero) is 1. The molecule has 0 bridgehead atoms. The normalized spacial score (nSPS) is 17.8. The second-order valence-corrected chi connectivity index (χ2v) is 10.2. The number of likely N-dealkylation sites (tertiary alicyclic amines) is 1. The van der Waals surface area contributed by atoms with Crippen LogP contribution in [0.5, 0.6) is 5.75 Å². The predicted molar refractivity (Wildman–Crippen MR) is 135 cm³/mol. The molecule has 1 amide bonds. The molecule has 1 aliphatic rings. The molecule has 1 aliphatic heterocycles. The number of hydrogen-bond donors (Lipinski definition) is 1. The highest BCUT2D eigenvalue weighted by Gasteiger charge is 2.46. The molecular weight excluding hydrogens is 444 g/mol. The highest BCUT2D eigenvalue weighted by molar-refractivity contribution is 6.46. The van der Waals surface area contributed by atoms with Crippen molar-refractivity contribution >= 4 is 23.4 Å². The Balaban J connectivity index is 2.18. The van der Waals surface area contributed by atoms with E-state index in [9.17, 15) is 19.5 Å². The van der Waals surface area contributed by atoms with Crippen molar-refractivity contribution < 1.29 is 24.2 Å². The van der Waals surface area contributed by atoms with Crippen LogP contribution in [0.4, 0.5) is 0 Å². The fourth-order valence-corrected chi connectivity index (χ4v) is 4.14. The van der Waals surface area contributed by atoms with Gasteiger partial charge in [-0.25, -0.2) is 0 Å². The summed E-state index contributed by atoms with van der Waals surface area (Å²) in [6.45, 7) is 10.3. The van der Waals surface area contributed by atoms with Crippen molar-refractivity contribution in [2.75, 3.05) is 27.2 Å². The van der Waals surface area contributed by atoms with Gasteiger partial charge < -0.3 is 19.6 Å². The number of carbonyl (C=O) groups excluding carboxylic acids is 3. The minimum atomic E-state index is -0.765. The highest BCUT2D eigenvalue weighted by atomic mass is 16.5. The maximum Gasteiger partial charge on any atom is 0.308 e. The van der Waals surface area contributed by atoms with Gasteiger partial charge in [-0.15, -0.1) is 0 Å². The number of aliphatic hydroxyl groups is 1. The zero-order chi connectivity index (χ0) is 26.1. The summed E-state index contributed by atoms with van der Waals surface area (Å²) in [4.78, 5) is 41.1. The van der Waals surface area contributed by atoms with Gasteiger partial charge in [-0.2, -0.15) is 0 Å². The lowest BCUT2D eigenvalue weighted by Crippen LogP contribution is -2.35. The lowest BCUT2D eigenvalue weighted by molar-refractivity contribution is -0.140. The van der Waals surface area contributed by atoms with E-state index in [1.807, 2.05) is 44.1 Å². The molecule has 0 spiro atoms. The van der Waals surface area contributed by atoms with E-state index in [1.165, 1.54) is 11.8 Å². The SMILES string of the molecule is CC(=O)Oc1ccc(C2/C(=C(\O)c3cc(C(C)(C)C)ccc3C)C(=O)C(=O)N2CCN(C)C)cc1. The first-order chi connectivity index (χ1) is 16.3. The molecule has 1 atom stereocenters. The number of benzene rings is 2. The second kappa shape index (κ2) is 10.0. The Kier molecular flexibility index (Phi) is 7.50. The lowest BCUT2D eigenvalue weighted by atomic mass is 9.84. The molecule has 2 aromatic rings. The monoisotopic (exact) mass is 478 g/mol. The largest absolute Gasteiger partial charge is 0.507 e. The Bertz CT molecular complexity index is 1170. The van der Waals surface area contributed by atoms with Crippen LogP contribution < -0.4 is 4.74 Å². The van der Waals surface area contributed by atoms with Crippen LogP contribution in [-0.2, 0) is 19.8 Å². The molecule has 0 aromatic heterocycles. The first kappa shape index (κ1) is 26.2. The van der Waals surface area contributed by atoms with E-state index >= 15 is 0 Å². The van der Waals surface area contributed by atoms with Crippen LogP contribution in [0.3, 0.4) is 0 Å². The average Bonchev–Trinajstić information content (AvgIpc) is 3.01. The zero-order valence-electron chi connectivity index (χ0n) is 21.5. The summed E-state index contributed by atoms with van der Waals surface area (Å²) < 4.78 is 5.13. The van der Waals surface area contributed by atoms with Crippen LogP contribution in [0.25, 0.3) is 5.76 Å². The van der Waals surface area contributed by atoms with Gasteiger partial charge in [0.15, 0.2) is 0 Å². The Morgan fingerprint density at radius 1 is 1.09 bits per heavy atom. The molecule has 1 heterocycles. The van der Waals surface area contributed by atoms with Gasteiger partial charge in [-0.05, 0) is 61.3 Å². The number of hydrogen-bond acceptors (Lipinski definition) is 6. The summed E-state index contributed by atoms with van der Waals surface area (Å²) in [5.74, 6) is -1.62. The van der Waals surface area contributed by atoms with Crippen molar-refractivity contribution in [3.05, 3.63) is 70.3 Å². The van der Waals surface area contributed by atoms with E-state index in [1.54, 1.807) is 24.3 Å². The Morgan fingerprint density at radius 3 is 2.26 bits per heavy atom. The molecule has 0 radical (unpaired) electrons. The maximum absolute atomic E-state index is 13.3. The van der Waals surface area contributed by atoms with Gasteiger partial charge in [0.05, 0.1) is 11.6 Å². The molecule has 0 aliphatic carbocycles. The van der Waals surface area contributed by atoms with Gasteiger partial charge in [-0.3, -0.25) is 14.4 Å². The zero-order valence-corrected chi connectivity index (χ0v) is 21.5. The van der Waals surface area contributed by atoms with E-state index < -0.39 is 23.7 Å². The number of rotatable bonds is 6. The van der Waals surface area contributed by atoms with E-state index in [0.717, 1.165) is 11.1 Å². The van der Waals surface area contributed by atoms with Crippen LogP contribution in [-0.4, -0.2) is 59.8 Å². The Hall–Kier alpha value is -3.45. The van der Waals surface area contributed by atoms with Crippen LogP contribution in [0, 0.1) is 6.92 Å². The van der Waals surface area contributed by atoms with Gasteiger partial charge in [0.2, 0.25) is 0 Å². The van der Waals surface area contributed by atoms with Gasteiger partial charge in [0.1, 0.15) is 11.5 Å². The topological polar surface area (TPSA) is 87.1 Å². The third-order valence-corrected chi connectivity index (χ3v) is 6.14. The Morgan fingerprint density at radius 2 is 1.71 bits per heavy atom. The molecule has 3 rings (SSSR count). The second-order valence-electron chi connectivity index (χ2n) is 10.2. The van der Waals surface area contributed by atoms with Crippen molar-refractivity contribution in [3.8, 4) is 5.75 Å². The first-order valence-electron chi connectivity index (χ1n) is 11.6. The minimum Gasteiger partial charge on any atom is -0.507 e. The standard InChI is InChI=1S/C28H34N2O5/c1-17-8-11-20(28(3,4)5)16-22(17)25(32)23-24(19-9-12-21(13-10-19)35-18(2)31)30(15-14-29(6)7)27(34)26(23)33/h8-13,16,24,32H,14-15H2,1-7H3/b25-23+. The van der Waals surface area contributed by atoms with E-state index in [2.05, 4.69) is 20.8 Å². The highest BCUT2D eigenvalue weighted by Crippen LogP contribution is 2.40. The summed E-state index contributed by atoms with van der Waals surface area (Å²) in [6, 6.07) is 11.7. The third kappa shape index (κ3) is 5.62. The summed E-state index contributed by atoms with van der Waals surface area (Å²) in [6.07, 6.45) is 0. The number of nitrogens with zero attached hydrogens (tertiary/aromatic N) is 2. The van der Waals surface area contributed by atoms with Crippen LogP contribution in [0.1, 0.15) is 56.0 Å². The number of amides is 1. The van der Waals surface area contributed by atoms with Crippen molar-refractivity contribution in [1.82, 2.24) is 9.80 Å². The molecule has 2 aromatic carbocycles. The number of ketones is 1. The molecule has 186 valence electrons. The lowest BCUT2D eigenvalue weighted by Gasteiger charge is -2.27. The van der Waals surface area contributed by atoms with E-state index in [-0.39, 0.29) is 16.7 Å². The maximum atomic E-state index is 13.3. The van der Waals surface area contributed by atoms with E-state index in [4.69, 9.17) is 4.74 Å². The van der Waals surface area contributed by atoms with Crippen LogP contribution in [0.15, 0.2) is 48.0 Å². The molecule has 0 saturated carbocycles. The van der Waals surface area contributed by atoms with Crippen molar-refractivity contribution in [3.63, 3.8) is 0 Å². The summed E-state index contributed by atoms with van der Waals surface area (Å²) in [5.41, 5.74) is 2.89. The molecule has 1 N–H and O–H groups in total. The molecular formula is C28H34N2O5. The minimum absolute atomic E-state index is 0.0585. The molecule has 1 unspecified atom stereocenters. The molecule has 7 heteroatoms. The number of aliphatic hydroxyl groups excluding tert-OH is 1. The average molecular weight is 479 g/mol. The fourth-order valence-electron chi connectivity index (χ4n) is 4.14.